The molecule has 0 amide bonds. The van der Waals surface area contributed by atoms with E-state index in [1.165, 1.54) is 22.3 Å². The van der Waals surface area contributed by atoms with Crippen LogP contribution < -0.4 is 10.2 Å². The predicted octanol–water partition coefficient (Wildman–Crippen LogP) is 3.95. The first-order chi connectivity index (χ1) is 15.5. The summed E-state index contributed by atoms with van der Waals surface area (Å²) in [6, 6.07) is 21.9. The van der Waals surface area contributed by atoms with Gasteiger partial charge in [-0.25, -0.2) is 4.18 Å². The van der Waals surface area contributed by atoms with Crippen molar-refractivity contribution in [3.8, 4) is 11.1 Å². The molecule has 0 radical (unpaired) electrons. The molecule has 3 aliphatic rings. The van der Waals surface area contributed by atoms with E-state index < -0.39 is 16.3 Å². The lowest BCUT2D eigenvalue weighted by atomic mass is 10.00. The first-order valence-corrected chi connectivity index (χ1v) is 12.6. The summed E-state index contributed by atoms with van der Waals surface area (Å²) in [4.78, 5) is 2.37. The van der Waals surface area contributed by atoms with Gasteiger partial charge < -0.3 is 10.2 Å². The van der Waals surface area contributed by atoms with Gasteiger partial charge in [-0.3, -0.25) is 0 Å². The van der Waals surface area contributed by atoms with Gasteiger partial charge in [0, 0.05) is 31.2 Å². The molecule has 3 aromatic rings. The van der Waals surface area contributed by atoms with Gasteiger partial charge in [0.2, 0.25) is 0 Å². The molecule has 5 nitrogen and oxygen atoms in total. The summed E-state index contributed by atoms with van der Waals surface area (Å²) in [7, 11) is -3.86. The Morgan fingerprint density at radius 2 is 1.72 bits per heavy atom. The highest BCUT2D eigenvalue weighted by Crippen LogP contribution is 2.42. The minimum Gasteiger partial charge on any atom is -0.344 e. The van der Waals surface area contributed by atoms with Crippen LogP contribution >= 0.6 is 0 Å². The molecular weight excluding hydrogens is 420 g/mol. The van der Waals surface area contributed by atoms with Crippen LogP contribution in [0.5, 0.6) is 0 Å². The number of nitrogens with one attached hydrogen (secondary N) is 1. The van der Waals surface area contributed by atoms with Crippen molar-refractivity contribution in [3.05, 3.63) is 83.4 Å². The Balaban J connectivity index is 1.33. The Morgan fingerprint density at radius 1 is 0.938 bits per heavy atom. The molecule has 1 aliphatic carbocycles. The first-order valence-electron chi connectivity index (χ1n) is 11.2. The molecule has 6 rings (SSSR count). The minimum atomic E-state index is -3.86. The number of benzene rings is 3. The second kappa shape index (κ2) is 7.44. The van der Waals surface area contributed by atoms with E-state index in [0.29, 0.717) is 5.92 Å². The zero-order chi connectivity index (χ0) is 21.9. The number of fused-ring (bicyclic) bond motifs is 4. The van der Waals surface area contributed by atoms with Crippen LogP contribution in [-0.4, -0.2) is 34.3 Å². The molecule has 32 heavy (non-hydrogen) atoms. The van der Waals surface area contributed by atoms with Gasteiger partial charge in [0.1, 0.15) is 0 Å². The normalized spacial score (nSPS) is 23.8. The molecule has 3 atom stereocenters. The standard InChI is InChI=1S/C26H26N2O3S/c1-17-6-9-22(10-7-17)32(29,30)31-26-25-15-27-14-20(25)16-28(26)21-8-11-24-19(13-21)12-18-4-2-3-5-23(18)24/h2-11,13,20,25-27H,12,14-16H2,1H3. The van der Waals surface area contributed by atoms with Crippen LogP contribution in [0.15, 0.2) is 71.6 Å². The summed E-state index contributed by atoms with van der Waals surface area (Å²) >= 11 is 0. The van der Waals surface area contributed by atoms with Crippen molar-refractivity contribution in [1.82, 2.24) is 5.32 Å². The third-order valence-corrected chi connectivity index (χ3v) is 8.44. The molecule has 3 unspecified atom stereocenters. The summed E-state index contributed by atoms with van der Waals surface area (Å²) in [5.41, 5.74) is 7.26. The highest BCUT2D eigenvalue weighted by molar-refractivity contribution is 7.86. The Kier molecular flexibility index (Phi) is 4.64. The molecule has 0 aromatic heterocycles. The van der Waals surface area contributed by atoms with Crippen molar-refractivity contribution >= 4 is 15.8 Å². The first kappa shape index (κ1) is 20.0. The molecule has 164 valence electrons. The van der Waals surface area contributed by atoms with E-state index in [2.05, 4.69) is 52.7 Å². The lowest BCUT2D eigenvalue weighted by molar-refractivity contribution is 0.167. The van der Waals surface area contributed by atoms with E-state index in [4.69, 9.17) is 4.18 Å². The fraction of sp³-hybridized carbons (Fsp3) is 0.308. The van der Waals surface area contributed by atoms with E-state index in [9.17, 15) is 8.42 Å². The van der Waals surface area contributed by atoms with Crippen LogP contribution in [0.2, 0.25) is 0 Å². The smallest absolute Gasteiger partial charge is 0.298 e. The summed E-state index contributed by atoms with van der Waals surface area (Å²) in [5.74, 6) is 0.513. The fourth-order valence-electron chi connectivity index (χ4n) is 5.45. The molecule has 0 saturated carbocycles. The maximum Gasteiger partial charge on any atom is 0.298 e. The van der Waals surface area contributed by atoms with E-state index in [1.807, 2.05) is 6.92 Å². The van der Waals surface area contributed by atoms with E-state index in [1.54, 1.807) is 24.3 Å². The number of anilines is 1. The van der Waals surface area contributed by atoms with Gasteiger partial charge in [-0.05, 0) is 65.8 Å². The van der Waals surface area contributed by atoms with Gasteiger partial charge in [0.15, 0.2) is 6.23 Å². The maximum absolute atomic E-state index is 13.1. The van der Waals surface area contributed by atoms with E-state index >= 15 is 0 Å². The van der Waals surface area contributed by atoms with Crippen molar-refractivity contribution in [1.29, 1.82) is 0 Å². The number of hydrogen-bond acceptors (Lipinski definition) is 5. The van der Waals surface area contributed by atoms with Crippen molar-refractivity contribution in [2.24, 2.45) is 11.8 Å². The molecule has 0 spiro atoms. The van der Waals surface area contributed by atoms with E-state index in [0.717, 1.165) is 37.3 Å². The van der Waals surface area contributed by atoms with Gasteiger partial charge in [0.05, 0.1) is 4.90 Å². The molecule has 1 N–H and O–H groups in total. The second-order valence-electron chi connectivity index (χ2n) is 9.16. The Labute approximate surface area is 189 Å². The monoisotopic (exact) mass is 446 g/mol. The summed E-state index contributed by atoms with van der Waals surface area (Å²) in [6.07, 6.45) is 0.401. The van der Waals surface area contributed by atoms with Gasteiger partial charge in [-0.2, -0.15) is 8.42 Å². The van der Waals surface area contributed by atoms with Gasteiger partial charge in [0.25, 0.3) is 10.1 Å². The third-order valence-electron chi connectivity index (χ3n) is 7.14. The van der Waals surface area contributed by atoms with Crippen LogP contribution in [0.4, 0.5) is 5.69 Å². The molecule has 2 saturated heterocycles. The molecule has 2 aliphatic heterocycles. The number of aryl methyl sites for hydroxylation is 1. The summed E-state index contributed by atoms with van der Waals surface area (Å²) in [6.45, 7) is 4.39. The van der Waals surface area contributed by atoms with Crippen LogP contribution in [-0.2, 0) is 20.7 Å². The lowest BCUT2D eigenvalue weighted by Gasteiger charge is -2.29. The van der Waals surface area contributed by atoms with Crippen LogP contribution in [0.3, 0.4) is 0 Å². The third kappa shape index (κ3) is 3.25. The topological polar surface area (TPSA) is 58.6 Å². The Morgan fingerprint density at radius 3 is 2.56 bits per heavy atom. The summed E-state index contributed by atoms with van der Waals surface area (Å²) in [5, 5.41) is 3.41. The Hall–Kier alpha value is -2.67. The van der Waals surface area contributed by atoms with Gasteiger partial charge >= 0.3 is 0 Å². The van der Waals surface area contributed by atoms with E-state index in [-0.39, 0.29) is 10.8 Å². The minimum absolute atomic E-state index is 0.140. The molecule has 0 bridgehead atoms. The van der Waals surface area contributed by atoms with Gasteiger partial charge in [-0.1, -0.05) is 48.0 Å². The summed E-state index contributed by atoms with van der Waals surface area (Å²) < 4.78 is 32.2. The van der Waals surface area contributed by atoms with Crippen molar-refractivity contribution in [2.45, 2.75) is 24.5 Å². The van der Waals surface area contributed by atoms with Crippen LogP contribution in [0.25, 0.3) is 11.1 Å². The van der Waals surface area contributed by atoms with Gasteiger partial charge in [-0.15, -0.1) is 0 Å². The number of rotatable bonds is 4. The number of nitrogens with zero attached hydrogens (tertiary/aromatic N) is 1. The van der Waals surface area contributed by atoms with Crippen molar-refractivity contribution in [3.63, 3.8) is 0 Å². The largest absolute Gasteiger partial charge is 0.344 e. The average Bonchev–Trinajstić information content (AvgIpc) is 3.47. The average molecular weight is 447 g/mol. The molecular formula is C26H26N2O3S. The zero-order valence-corrected chi connectivity index (χ0v) is 18.8. The van der Waals surface area contributed by atoms with Crippen molar-refractivity contribution in [2.75, 3.05) is 24.5 Å². The van der Waals surface area contributed by atoms with Crippen molar-refractivity contribution < 1.29 is 12.6 Å². The predicted molar refractivity (Wildman–Crippen MR) is 125 cm³/mol. The quantitative estimate of drug-likeness (QED) is 0.481. The Bertz CT molecular complexity index is 1290. The number of hydrogen-bond donors (Lipinski definition) is 1. The fourth-order valence-corrected chi connectivity index (χ4v) is 6.54. The van der Waals surface area contributed by atoms with Crippen LogP contribution in [0.1, 0.15) is 16.7 Å². The highest BCUT2D eigenvalue weighted by atomic mass is 32.2. The maximum atomic E-state index is 13.1. The van der Waals surface area contributed by atoms with Crippen LogP contribution in [0, 0.1) is 18.8 Å². The SMILES string of the molecule is Cc1ccc(S(=O)(=O)OC2C3CNCC3CN2c2ccc3c(c2)Cc2ccccc2-3)cc1. The highest BCUT2D eigenvalue weighted by Gasteiger charge is 2.47. The molecule has 2 heterocycles. The second-order valence-corrected chi connectivity index (χ2v) is 10.7. The lowest BCUT2D eigenvalue weighted by Crippen LogP contribution is -2.39. The molecule has 3 aromatic carbocycles. The zero-order valence-electron chi connectivity index (χ0n) is 18.0. The molecule has 6 heteroatoms. The molecule has 2 fully saturated rings.